The zero-order valence-corrected chi connectivity index (χ0v) is 10.6. The van der Waals surface area contributed by atoms with Gasteiger partial charge in [0.25, 0.3) is 0 Å². The monoisotopic (exact) mass is 216 g/mol. The molecule has 0 bridgehead atoms. The lowest BCUT2D eigenvalue weighted by Gasteiger charge is -2.37. The summed E-state index contributed by atoms with van der Waals surface area (Å²) in [5.41, 5.74) is 0.505. The van der Waals surface area contributed by atoms with Crippen molar-refractivity contribution < 1.29 is 0 Å². The molecule has 1 N–H and O–H groups in total. The fourth-order valence-corrected chi connectivity index (χ4v) is 2.73. The Labute approximate surface area is 92.8 Å². The summed E-state index contributed by atoms with van der Waals surface area (Å²) in [4.78, 5) is 2.48. The summed E-state index contributed by atoms with van der Waals surface area (Å²) in [6, 6.07) is 0. The molecule has 14 heavy (non-hydrogen) atoms. The van der Waals surface area contributed by atoms with Gasteiger partial charge in [-0.3, -0.25) is 0 Å². The van der Waals surface area contributed by atoms with Gasteiger partial charge in [0.2, 0.25) is 0 Å². The van der Waals surface area contributed by atoms with Crippen molar-refractivity contribution >= 4 is 11.8 Å². The summed E-state index contributed by atoms with van der Waals surface area (Å²) < 4.78 is 0. The van der Waals surface area contributed by atoms with Crippen molar-refractivity contribution in [3.05, 3.63) is 0 Å². The molecule has 1 unspecified atom stereocenters. The number of nitrogens with one attached hydrogen (secondary N) is 1. The van der Waals surface area contributed by atoms with Crippen LogP contribution in [0.15, 0.2) is 0 Å². The van der Waals surface area contributed by atoms with Gasteiger partial charge in [-0.2, -0.15) is 11.8 Å². The normalized spacial score (nSPS) is 28.3. The zero-order valence-electron chi connectivity index (χ0n) is 9.81. The summed E-state index contributed by atoms with van der Waals surface area (Å²) in [7, 11) is 2.25. The Morgan fingerprint density at radius 2 is 2.29 bits per heavy atom. The van der Waals surface area contributed by atoms with E-state index in [1.54, 1.807) is 0 Å². The van der Waals surface area contributed by atoms with E-state index in [9.17, 15) is 0 Å². The molecule has 0 aromatic heterocycles. The van der Waals surface area contributed by atoms with Crippen LogP contribution < -0.4 is 5.32 Å². The highest BCUT2D eigenvalue weighted by molar-refractivity contribution is 7.98. The molecule has 3 heteroatoms. The predicted molar refractivity (Wildman–Crippen MR) is 66.1 cm³/mol. The van der Waals surface area contributed by atoms with E-state index in [2.05, 4.69) is 30.4 Å². The highest BCUT2D eigenvalue weighted by Crippen LogP contribution is 2.25. The average molecular weight is 216 g/mol. The minimum atomic E-state index is 0.505. The third kappa shape index (κ3) is 4.20. The molecule has 0 radical (unpaired) electrons. The van der Waals surface area contributed by atoms with E-state index in [4.69, 9.17) is 0 Å². The van der Waals surface area contributed by atoms with E-state index in [0.29, 0.717) is 5.41 Å². The summed E-state index contributed by atoms with van der Waals surface area (Å²) >= 11 is 1.93. The molecule has 1 aliphatic heterocycles. The predicted octanol–water partition coefficient (Wildman–Crippen LogP) is 1.67. The lowest BCUT2D eigenvalue weighted by atomic mass is 9.82. The molecule has 84 valence electrons. The van der Waals surface area contributed by atoms with Crippen LogP contribution in [-0.2, 0) is 0 Å². The fraction of sp³-hybridized carbons (Fsp3) is 1.00. The second-order valence-electron chi connectivity index (χ2n) is 4.82. The van der Waals surface area contributed by atoms with Crippen molar-refractivity contribution in [3.63, 3.8) is 0 Å². The Morgan fingerprint density at radius 1 is 1.50 bits per heavy atom. The minimum Gasteiger partial charge on any atom is -0.316 e. The second-order valence-corrected chi connectivity index (χ2v) is 5.81. The average Bonchev–Trinajstić information content (AvgIpc) is 2.15. The fourth-order valence-electron chi connectivity index (χ4n) is 2.23. The van der Waals surface area contributed by atoms with Gasteiger partial charge in [-0.25, -0.2) is 0 Å². The van der Waals surface area contributed by atoms with E-state index in [-0.39, 0.29) is 0 Å². The molecule has 0 aliphatic carbocycles. The van der Waals surface area contributed by atoms with Crippen LogP contribution in [0, 0.1) is 5.41 Å². The highest BCUT2D eigenvalue weighted by Gasteiger charge is 2.27. The topological polar surface area (TPSA) is 15.3 Å². The first-order chi connectivity index (χ1) is 6.66. The minimum absolute atomic E-state index is 0.505. The van der Waals surface area contributed by atoms with Crippen LogP contribution in [0.4, 0.5) is 0 Å². The van der Waals surface area contributed by atoms with Crippen molar-refractivity contribution in [2.24, 2.45) is 5.41 Å². The van der Waals surface area contributed by atoms with E-state index < -0.39 is 0 Å². The Hall–Kier alpha value is 0.270. The molecule has 0 amide bonds. The maximum Gasteiger partial charge on any atom is 0.00694 e. The molecule has 1 atom stereocenters. The first-order valence-corrected chi connectivity index (χ1v) is 6.94. The van der Waals surface area contributed by atoms with Crippen LogP contribution in [0.25, 0.3) is 0 Å². The molecular weight excluding hydrogens is 192 g/mol. The largest absolute Gasteiger partial charge is 0.316 e. The molecule has 0 saturated carbocycles. The van der Waals surface area contributed by atoms with Gasteiger partial charge in [-0.1, -0.05) is 6.92 Å². The molecule has 0 spiro atoms. The van der Waals surface area contributed by atoms with Gasteiger partial charge >= 0.3 is 0 Å². The quantitative estimate of drug-likeness (QED) is 0.752. The van der Waals surface area contributed by atoms with Crippen molar-refractivity contribution in [2.75, 3.05) is 45.2 Å². The number of nitrogens with zero attached hydrogens (tertiary/aromatic N) is 1. The third-order valence-corrected chi connectivity index (χ3v) is 3.61. The Bertz CT molecular complexity index is 155. The van der Waals surface area contributed by atoms with Crippen LogP contribution in [0.3, 0.4) is 0 Å². The standard InChI is InChI=1S/C11H24N2S/c1-11(5-4-6-12-9-11)10-13(2)7-8-14-3/h12H,4-10H2,1-3H3. The second kappa shape index (κ2) is 5.99. The highest BCUT2D eigenvalue weighted by atomic mass is 32.2. The van der Waals surface area contributed by atoms with Gasteiger partial charge < -0.3 is 10.2 Å². The molecule has 1 aliphatic rings. The maximum atomic E-state index is 3.50. The van der Waals surface area contributed by atoms with Crippen LogP contribution in [0.1, 0.15) is 19.8 Å². The molecule has 1 heterocycles. The van der Waals surface area contributed by atoms with Gasteiger partial charge in [0.1, 0.15) is 0 Å². The molecular formula is C11H24N2S. The van der Waals surface area contributed by atoms with Crippen LogP contribution >= 0.6 is 11.8 Å². The van der Waals surface area contributed by atoms with Gasteiger partial charge in [0, 0.05) is 25.4 Å². The van der Waals surface area contributed by atoms with Crippen LogP contribution in [-0.4, -0.2) is 50.1 Å². The van der Waals surface area contributed by atoms with Crippen LogP contribution in [0.2, 0.25) is 0 Å². The summed E-state index contributed by atoms with van der Waals surface area (Å²) in [5.74, 6) is 1.25. The number of piperidine rings is 1. The third-order valence-electron chi connectivity index (χ3n) is 3.01. The lowest BCUT2D eigenvalue weighted by Crippen LogP contribution is -2.45. The Morgan fingerprint density at radius 3 is 2.86 bits per heavy atom. The summed E-state index contributed by atoms with van der Waals surface area (Å²) in [5, 5.41) is 3.50. The van der Waals surface area contributed by atoms with Crippen molar-refractivity contribution in [1.82, 2.24) is 10.2 Å². The van der Waals surface area contributed by atoms with Gasteiger partial charge in [0.05, 0.1) is 0 Å². The van der Waals surface area contributed by atoms with E-state index in [1.807, 2.05) is 11.8 Å². The number of hydrogen-bond acceptors (Lipinski definition) is 3. The zero-order chi connectivity index (χ0) is 10.4. The smallest absolute Gasteiger partial charge is 0.00694 e. The molecule has 1 saturated heterocycles. The molecule has 0 aromatic carbocycles. The number of thioether (sulfide) groups is 1. The Balaban J connectivity index is 2.25. The Kier molecular flexibility index (Phi) is 5.28. The van der Waals surface area contributed by atoms with Crippen LogP contribution in [0.5, 0.6) is 0 Å². The molecule has 1 rings (SSSR count). The van der Waals surface area contributed by atoms with Gasteiger partial charge in [-0.05, 0) is 38.1 Å². The molecule has 0 aromatic rings. The van der Waals surface area contributed by atoms with Gasteiger partial charge in [0.15, 0.2) is 0 Å². The number of hydrogen-bond donors (Lipinski definition) is 1. The van der Waals surface area contributed by atoms with Gasteiger partial charge in [-0.15, -0.1) is 0 Å². The van der Waals surface area contributed by atoms with Crippen molar-refractivity contribution in [2.45, 2.75) is 19.8 Å². The first-order valence-electron chi connectivity index (χ1n) is 5.54. The summed E-state index contributed by atoms with van der Waals surface area (Å²) in [6.45, 7) is 7.27. The lowest BCUT2D eigenvalue weighted by molar-refractivity contribution is 0.158. The van der Waals surface area contributed by atoms with Crippen molar-refractivity contribution in [1.29, 1.82) is 0 Å². The van der Waals surface area contributed by atoms with E-state index >= 15 is 0 Å². The molecule has 1 fully saturated rings. The summed E-state index contributed by atoms with van der Waals surface area (Å²) in [6.07, 6.45) is 4.90. The van der Waals surface area contributed by atoms with Crippen molar-refractivity contribution in [3.8, 4) is 0 Å². The first kappa shape index (κ1) is 12.3. The SMILES string of the molecule is CSCCN(C)CC1(C)CCCNC1. The van der Waals surface area contributed by atoms with E-state index in [0.717, 1.165) is 0 Å². The molecule has 2 nitrogen and oxygen atoms in total. The van der Waals surface area contributed by atoms with E-state index in [1.165, 1.54) is 44.8 Å². The maximum absolute atomic E-state index is 3.50. The number of rotatable bonds is 5.